The molecule has 0 bridgehead atoms. The molecule has 2 rings (SSSR count). The van der Waals surface area contributed by atoms with E-state index in [2.05, 4.69) is 31.2 Å². The van der Waals surface area contributed by atoms with Crippen molar-refractivity contribution in [2.75, 3.05) is 0 Å². The first-order chi connectivity index (χ1) is 6.00. The quantitative estimate of drug-likeness (QED) is 0.437. The fraction of sp³-hybridized carbons (Fsp3) is 0.231. The van der Waals surface area contributed by atoms with Crippen LogP contribution in [0.2, 0.25) is 0 Å². The Bertz CT molecular complexity index is 143. The van der Waals surface area contributed by atoms with Gasteiger partial charge >= 0.3 is 17.1 Å². The first-order valence-corrected chi connectivity index (χ1v) is 4.14. The van der Waals surface area contributed by atoms with Gasteiger partial charge in [-0.05, 0) is 0 Å². The molecule has 0 amide bonds. The zero-order valence-electron chi connectivity index (χ0n) is 8.94. The Hall–Kier alpha value is -0.521. The topological polar surface area (TPSA) is 0 Å². The Labute approximate surface area is 100.0 Å². The van der Waals surface area contributed by atoms with E-state index in [4.69, 9.17) is 0 Å². The standard InChI is InChI=1S/2C5H5.C2H5.CH3.Fe/c2*1-2-4-5-3-1;1-2;;/h2*1-3H,4H2;1H2,2H3;1H3;/q4*-1;+4. The number of hydrogen-bond donors (Lipinski definition) is 0. The summed E-state index contributed by atoms with van der Waals surface area (Å²) in [5, 5.41) is 0. The molecule has 0 aromatic heterocycles. The van der Waals surface area contributed by atoms with Crippen molar-refractivity contribution in [3.8, 4) is 0 Å². The van der Waals surface area contributed by atoms with Gasteiger partial charge in [0, 0.05) is 0 Å². The number of rotatable bonds is 0. The van der Waals surface area contributed by atoms with E-state index in [-0.39, 0.29) is 24.5 Å². The summed E-state index contributed by atoms with van der Waals surface area (Å²) in [7, 11) is 0. The molecule has 78 valence electrons. The largest absolute Gasteiger partial charge is 4.00 e. The van der Waals surface area contributed by atoms with Crippen molar-refractivity contribution in [1.82, 2.24) is 0 Å². The summed E-state index contributed by atoms with van der Waals surface area (Å²) in [4.78, 5) is 0. The predicted octanol–water partition coefficient (Wildman–Crippen LogP) is 3.90. The Morgan fingerprint density at radius 1 is 0.929 bits per heavy atom. The van der Waals surface area contributed by atoms with Crippen molar-refractivity contribution < 1.29 is 17.1 Å². The molecular formula is C13H18Fe. The van der Waals surface area contributed by atoms with Crippen molar-refractivity contribution in [2.24, 2.45) is 0 Å². The van der Waals surface area contributed by atoms with Crippen LogP contribution in [-0.2, 0) is 17.1 Å². The van der Waals surface area contributed by atoms with Crippen LogP contribution in [0.4, 0.5) is 0 Å². The van der Waals surface area contributed by atoms with Crippen LogP contribution < -0.4 is 0 Å². The summed E-state index contributed by atoms with van der Waals surface area (Å²) in [6, 6.07) is 0. The molecule has 0 spiro atoms. The van der Waals surface area contributed by atoms with Crippen molar-refractivity contribution in [2.45, 2.75) is 19.8 Å². The van der Waals surface area contributed by atoms with Gasteiger partial charge in [-0.2, -0.15) is 19.1 Å². The second kappa shape index (κ2) is 18.3. The van der Waals surface area contributed by atoms with E-state index >= 15 is 0 Å². The van der Waals surface area contributed by atoms with E-state index in [9.17, 15) is 0 Å². The Balaban J connectivity index is -0.000000131. The molecule has 0 fully saturated rings. The normalized spacial score (nSPS) is 13.0. The minimum absolute atomic E-state index is 0. The molecule has 0 aromatic rings. The van der Waals surface area contributed by atoms with Gasteiger partial charge in [0.05, 0.1) is 0 Å². The smallest absolute Gasteiger partial charge is 0.358 e. The van der Waals surface area contributed by atoms with Crippen molar-refractivity contribution in [1.29, 1.82) is 0 Å². The van der Waals surface area contributed by atoms with Crippen LogP contribution in [0.1, 0.15) is 19.8 Å². The number of allylic oxidation sites excluding steroid dienone is 8. The Kier molecular flexibility index (Phi) is 25.0. The molecule has 0 unspecified atom stereocenters. The molecule has 2 aliphatic carbocycles. The van der Waals surface area contributed by atoms with Crippen molar-refractivity contribution in [3.05, 3.63) is 63.0 Å². The van der Waals surface area contributed by atoms with Gasteiger partial charge < -0.3 is 14.4 Å². The molecule has 0 nitrogen and oxygen atoms in total. The Morgan fingerprint density at radius 2 is 1.29 bits per heavy atom. The maximum Gasteiger partial charge on any atom is 4.00 e. The molecule has 1 heteroatoms. The van der Waals surface area contributed by atoms with E-state index in [0.717, 1.165) is 12.8 Å². The van der Waals surface area contributed by atoms with Crippen LogP contribution in [0.25, 0.3) is 0 Å². The molecule has 14 heavy (non-hydrogen) atoms. The van der Waals surface area contributed by atoms with Crippen molar-refractivity contribution in [3.63, 3.8) is 0 Å². The molecule has 2 aliphatic rings. The minimum atomic E-state index is 0. The van der Waals surface area contributed by atoms with Gasteiger partial charge in [-0.3, -0.25) is 12.2 Å². The summed E-state index contributed by atoms with van der Waals surface area (Å²) in [6.45, 7) is 5.00. The first kappa shape index (κ1) is 19.1. The fourth-order valence-electron chi connectivity index (χ4n) is 0.680. The molecule has 0 aromatic carbocycles. The van der Waals surface area contributed by atoms with Gasteiger partial charge in [-0.25, -0.2) is 24.3 Å². The zero-order chi connectivity index (χ0) is 9.07. The molecule has 0 atom stereocenters. The molecule has 0 N–H and O–H groups in total. The summed E-state index contributed by atoms with van der Waals surface area (Å²) in [6.07, 6.45) is 20.0. The van der Waals surface area contributed by atoms with Crippen LogP contribution in [0.15, 0.2) is 36.5 Å². The van der Waals surface area contributed by atoms with Crippen LogP contribution in [-0.4, -0.2) is 0 Å². The second-order valence-corrected chi connectivity index (χ2v) is 2.01. The fourth-order valence-corrected chi connectivity index (χ4v) is 0.680. The van der Waals surface area contributed by atoms with Crippen LogP contribution in [0.5, 0.6) is 0 Å². The molecule has 0 aliphatic heterocycles. The predicted molar refractivity (Wildman–Crippen MR) is 60.6 cm³/mol. The third-order valence-corrected chi connectivity index (χ3v) is 1.17. The summed E-state index contributed by atoms with van der Waals surface area (Å²) >= 11 is 0. The van der Waals surface area contributed by atoms with E-state index in [1.54, 1.807) is 6.92 Å². The van der Waals surface area contributed by atoms with E-state index in [1.807, 2.05) is 24.3 Å². The molecule has 0 saturated heterocycles. The first-order valence-electron chi connectivity index (χ1n) is 4.14. The molecule has 0 heterocycles. The average molecular weight is 230 g/mol. The van der Waals surface area contributed by atoms with E-state index < -0.39 is 0 Å². The van der Waals surface area contributed by atoms with Gasteiger partial charge in [0.1, 0.15) is 0 Å². The van der Waals surface area contributed by atoms with Crippen molar-refractivity contribution >= 4 is 0 Å². The Morgan fingerprint density at radius 3 is 1.36 bits per heavy atom. The van der Waals surface area contributed by atoms with Gasteiger partial charge in [-0.15, -0.1) is 12.8 Å². The maximum atomic E-state index is 3.25. The third kappa shape index (κ3) is 14.0. The van der Waals surface area contributed by atoms with Gasteiger partial charge in [-0.1, -0.05) is 0 Å². The maximum absolute atomic E-state index is 3.25. The summed E-state index contributed by atoms with van der Waals surface area (Å²) < 4.78 is 0. The van der Waals surface area contributed by atoms with Gasteiger partial charge in [0.2, 0.25) is 0 Å². The van der Waals surface area contributed by atoms with Gasteiger partial charge in [0.25, 0.3) is 0 Å². The van der Waals surface area contributed by atoms with E-state index in [1.165, 1.54) is 0 Å². The SMILES string of the molecule is [C-]1=CC=CC1.[C-]1=CC=CC1.[CH2-]C.[CH3-].[Fe+4]. The summed E-state index contributed by atoms with van der Waals surface area (Å²) in [5.41, 5.74) is 0. The van der Waals surface area contributed by atoms with Crippen LogP contribution >= 0.6 is 0 Å². The van der Waals surface area contributed by atoms with Crippen LogP contribution in [0, 0.1) is 26.5 Å². The minimum Gasteiger partial charge on any atom is -0.358 e. The van der Waals surface area contributed by atoms with Crippen LogP contribution in [0.3, 0.4) is 0 Å². The molecule has 0 saturated carbocycles. The van der Waals surface area contributed by atoms with E-state index in [0.29, 0.717) is 0 Å². The molecular weight excluding hydrogens is 212 g/mol. The zero-order valence-corrected chi connectivity index (χ0v) is 10.0. The number of hydrogen-bond acceptors (Lipinski definition) is 0. The molecule has 0 radical (unpaired) electrons. The monoisotopic (exact) mass is 230 g/mol. The van der Waals surface area contributed by atoms with Gasteiger partial charge in [0.15, 0.2) is 0 Å². The third-order valence-electron chi connectivity index (χ3n) is 1.17. The summed E-state index contributed by atoms with van der Waals surface area (Å²) in [5.74, 6) is 0. The average Bonchev–Trinajstić information content (AvgIpc) is 2.87. The second-order valence-electron chi connectivity index (χ2n) is 2.01.